The van der Waals surface area contributed by atoms with Crippen LogP contribution in [0.15, 0.2) is 33.5 Å². The Bertz CT molecular complexity index is 1000. The number of benzene rings is 1. The average Bonchev–Trinajstić information content (AvgIpc) is 2.85. The highest BCUT2D eigenvalue weighted by Gasteiger charge is 2.55. The summed E-state index contributed by atoms with van der Waals surface area (Å²) in [5, 5.41) is 0.961. The van der Waals surface area contributed by atoms with Crippen molar-refractivity contribution in [3.63, 3.8) is 0 Å². The predicted molar refractivity (Wildman–Crippen MR) is 105 cm³/mol. The van der Waals surface area contributed by atoms with Gasteiger partial charge in [0.1, 0.15) is 11.1 Å². The van der Waals surface area contributed by atoms with E-state index in [2.05, 4.69) is 17.9 Å². The molecule has 2 aromatic rings. The van der Waals surface area contributed by atoms with Crippen molar-refractivity contribution in [1.82, 2.24) is 14.7 Å². The van der Waals surface area contributed by atoms with Crippen LogP contribution in [0.1, 0.15) is 30.9 Å². The van der Waals surface area contributed by atoms with Crippen LogP contribution in [0, 0.1) is 0 Å². The molecule has 0 radical (unpaired) electrons. The summed E-state index contributed by atoms with van der Waals surface area (Å²) in [6.45, 7) is 4.09. The lowest BCUT2D eigenvalue weighted by Gasteiger charge is -2.40. The third kappa shape index (κ3) is 2.81. The first-order valence-corrected chi connectivity index (χ1v) is 9.69. The number of hydrogen-bond donors (Lipinski definition) is 0. The second kappa shape index (κ2) is 6.74. The van der Waals surface area contributed by atoms with Gasteiger partial charge in [0.15, 0.2) is 0 Å². The van der Waals surface area contributed by atoms with Crippen LogP contribution in [0.3, 0.4) is 0 Å². The predicted octanol–water partition coefficient (Wildman–Crippen LogP) is 2.21. The van der Waals surface area contributed by atoms with Crippen molar-refractivity contribution in [2.75, 3.05) is 27.2 Å². The fourth-order valence-corrected chi connectivity index (χ4v) is 4.45. The van der Waals surface area contributed by atoms with E-state index >= 15 is 0 Å². The van der Waals surface area contributed by atoms with Gasteiger partial charge in [0.2, 0.25) is 0 Å². The van der Waals surface area contributed by atoms with E-state index in [0.29, 0.717) is 38.1 Å². The molecule has 4 rings (SSSR count). The molecule has 0 atom stereocenters. The van der Waals surface area contributed by atoms with Gasteiger partial charge < -0.3 is 9.32 Å². The maximum absolute atomic E-state index is 12.6. The fourth-order valence-electron chi connectivity index (χ4n) is 4.45. The molecule has 1 spiro atoms. The summed E-state index contributed by atoms with van der Waals surface area (Å²) >= 11 is 0. The number of fused-ring (bicyclic) bond motifs is 1. The van der Waals surface area contributed by atoms with Crippen molar-refractivity contribution in [3.8, 4) is 0 Å². The molecular weight excluding hydrogens is 358 g/mol. The van der Waals surface area contributed by atoms with Crippen molar-refractivity contribution in [2.45, 2.75) is 38.3 Å². The van der Waals surface area contributed by atoms with Crippen molar-refractivity contribution in [1.29, 1.82) is 0 Å². The van der Waals surface area contributed by atoms with Gasteiger partial charge in [-0.2, -0.15) is 0 Å². The van der Waals surface area contributed by atoms with Gasteiger partial charge in [-0.05, 0) is 42.5 Å². The summed E-state index contributed by atoms with van der Waals surface area (Å²) in [6.07, 6.45) is 2.10. The second-order valence-electron chi connectivity index (χ2n) is 7.79. The Balaban J connectivity index is 1.57. The molecule has 2 saturated heterocycles. The highest BCUT2D eigenvalue weighted by atomic mass is 16.4. The normalized spacial score (nSPS) is 20.0. The largest absolute Gasteiger partial charge is 0.423 e. The van der Waals surface area contributed by atoms with Crippen LogP contribution in [-0.4, -0.2) is 59.4 Å². The number of likely N-dealkylation sites (tertiary alicyclic amines) is 1. The van der Waals surface area contributed by atoms with E-state index in [4.69, 9.17) is 4.42 Å². The first kappa shape index (κ1) is 18.7. The van der Waals surface area contributed by atoms with Gasteiger partial charge >= 0.3 is 11.7 Å². The van der Waals surface area contributed by atoms with Gasteiger partial charge in [-0.25, -0.2) is 9.59 Å². The number of hydrogen-bond acceptors (Lipinski definition) is 5. The van der Waals surface area contributed by atoms with Crippen LogP contribution < -0.4 is 5.63 Å². The lowest BCUT2D eigenvalue weighted by Crippen LogP contribution is -2.55. The number of carbonyl (C=O) groups excluding carboxylic acids is 2. The van der Waals surface area contributed by atoms with Crippen LogP contribution in [-0.2, 0) is 17.8 Å². The monoisotopic (exact) mass is 383 g/mol. The van der Waals surface area contributed by atoms with Crippen molar-refractivity contribution >= 4 is 22.9 Å². The highest BCUT2D eigenvalue weighted by Crippen LogP contribution is 2.36. The molecule has 1 aromatic heterocycles. The van der Waals surface area contributed by atoms with E-state index in [1.54, 1.807) is 25.1 Å². The van der Waals surface area contributed by atoms with Crippen molar-refractivity contribution in [3.05, 3.63) is 45.8 Å². The van der Waals surface area contributed by atoms with Gasteiger partial charge in [0.25, 0.3) is 5.91 Å². The number of aryl methyl sites for hydroxylation is 1. The first-order valence-electron chi connectivity index (χ1n) is 9.69. The average molecular weight is 383 g/mol. The molecule has 0 unspecified atom stereocenters. The Kier molecular flexibility index (Phi) is 4.50. The minimum absolute atomic E-state index is 0.113. The summed E-state index contributed by atoms with van der Waals surface area (Å²) in [5.74, 6) is -0.113. The van der Waals surface area contributed by atoms with E-state index in [-0.39, 0.29) is 17.6 Å². The maximum Gasteiger partial charge on any atom is 0.336 e. The molecular formula is C21H25N3O4. The third-order valence-electron chi connectivity index (χ3n) is 6.30. The van der Waals surface area contributed by atoms with Crippen LogP contribution in [0.2, 0.25) is 0 Å². The summed E-state index contributed by atoms with van der Waals surface area (Å²) in [7, 11) is 3.25. The molecule has 0 saturated carbocycles. The number of carbonyl (C=O) groups is 2. The van der Waals surface area contributed by atoms with E-state index in [1.807, 2.05) is 12.1 Å². The van der Waals surface area contributed by atoms with Crippen LogP contribution in [0.4, 0.5) is 4.79 Å². The maximum atomic E-state index is 12.6. The molecule has 0 bridgehead atoms. The molecule has 28 heavy (non-hydrogen) atoms. The second-order valence-corrected chi connectivity index (χ2v) is 7.79. The van der Waals surface area contributed by atoms with E-state index in [0.717, 1.165) is 17.4 Å². The molecule has 7 nitrogen and oxygen atoms in total. The first-order chi connectivity index (χ1) is 13.4. The number of likely N-dealkylation sites (N-methyl/N-ethyl adjacent to an activating group) is 2. The standard InChI is InChI=1S/C21H25N3O4/c1-4-14-5-6-17-16(11-14)15(12-18(25)28-17)13-24-9-7-21(8-10-24)19(26)22(2)20(27)23(21)3/h5-6,11-12H,4,7-10,13H2,1-3H3. The fraction of sp³-hybridized carbons (Fsp3) is 0.476. The summed E-state index contributed by atoms with van der Waals surface area (Å²) in [6, 6.07) is 7.25. The third-order valence-corrected chi connectivity index (χ3v) is 6.30. The molecule has 3 amide bonds. The summed E-state index contributed by atoms with van der Waals surface area (Å²) in [5.41, 5.74) is 1.66. The molecule has 1 aromatic carbocycles. The quantitative estimate of drug-likeness (QED) is 0.600. The van der Waals surface area contributed by atoms with E-state index in [1.165, 1.54) is 10.5 Å². The smallest absolute Gasteiger partial charge is 0.336 e. The van der Waals surface area contributed by atoms with E-state index in [9.17, 15) is 14.4 Å². The molecule has 3 heterocycles. The number of rotatable bonds is 3. The Hall–Kier alpha value is -2.67. The van der Waals surface area contributed by atoms with Crippen LogP contribution >= 0.6 is 0 Å². The van der Waals surface area contributed by atoms with Gasteiger partial charge in [0.05, 0.1) is 0 Å². The number of piperidine rings is 1. The minimum Gasteiger partial charge on any atom is -0.423 e. The molecule has 0 N–H and O–H groups in total. The number of amides is 3. The Morgan fingerprint density at radius 3 is 2.39 bits per heavy atom. The van der Waals surface area contributed by atoms with Gasteiger partial charge in [-0.1, -0.05) is 13.0 Å². The SMILES string of the molecule is CCc1ccc2oc(=O)cc(CN3CCC4(CC3)C(=O)N(C)C(=O)N4C)c2c1. The van der Waals surface area contributed by atoms with Crippen LogP contribution in [0.5, 0.6) is 0 Å². The zero-order valence-corrected chi connectivity index (χ0v) is 16.5. The Morgan fingerprint density at radius 1 is 1.07 bits per heavy atom. The molecule has 0 aliphatic carbocycles. The molecule has 7 heteroatoms. The van der Waals surface area contributed by atoms with Gasteiger partial charge in [0, 0.05) is 45.2 Å². The van der Waals surface area contributed by atoms with E-state index < -0.39 is 5.54 Å². The Labute approximate surface area is 163 Å². The van der Waals surface area contributed by atoms with Gasteiger partial charge in [-0.3, -0.25) is 14.6 Å². The van der Waals surface area contributed by atoms with Crippen LogP contribution in [0.25, 0.3) is 11.0 Å². The number of urea groups is 1. The number of imide groups is 1. The summed E-state index contributed by atoms with van der Waals surface area (Å²) in [4.78, 5) is 41.9. The Morgan fingerprint density at radius 2 is 1.79 bits per heavy atom. The highest BCUT2D eigenvalue weighted by molar-refractivity contribution is 6.06. The lowest BCUT2D eigenvalue weighted by atomic mass is 9.86. The summed E-state index contributed by atoms with van der Waals surface area (Å²) < 4.78 is 5.35. The topological polar surface area (TPSA) is 74.1 Å². The molecule has 2 aliphatic rings. The minimum atomic E-state index is -0.727. The number of nitrogens with zero attached hydrogens (tertiary/aromatic N) is 3. The van der Waals surface area contributed by atoms with Crippen molar-refractivity contribution < 1.29 is 14.0 Å². The lowest BCUT2D eigenvalue weighted by molar-refractivity contribution is -0.134. The zero-order chi connectivity index (χ0) is 20.1. The molecule has 2 aliphatic heterocycles. The molecule has 2 fully saturated rings. The van der Waals surface area contributed by atoms with Gasteiger partial charge in [-0.15, -0.1) is 0 Å². The zero-order valence-electron chi connectivity index (χ0n) is 16.5. The van der Waals surface area contributed by atoms with Crippen molar-refractivity contribution in [2.24, 2.45) is 0 Å². The molecule has 148 valence electrons.